The Hall–Kier alpha value is -3.94. The first kappa shape index (κ1) is 30.6. The van der Waals surface area contributed by atoms with Crippen molar-refractivity contribution >= 4 is 11.9 Å². The monoisotopic (exact) mass is 572 g/mol. The molecule has 4 heterocycles. The molecule has 0 saturated carbocycles. The summed E-state index contributed by atoms with van der Waals surface area (Å²) < 4.78 is 65.9. The summed E-state index contributed by atoms with van der Waals surface area (Å²) >= 11 is 0. The van der Waals surface area contributed by atoms with E-state index in [0.717, 1.165) is 44.2 Å². The molecule has 2 N–H and O–H groups in total. The van der Waals surface area contributed by atoms with Crippen molar-refractivity contribution in [3.63, 3.8) is 0 Å². The normalized spacial score (nSPS) is 18.4. The molecule has 2 aliphatic rings. The lowest BCUT2D eigenvalue weighted by molar-refractivity contribution is -0.193. The molecule has 0 bridgehead atoms. The summed E-state index contributed by atoms with van der Waals surface area (Å²) in [6.45, 7) is 6.43. The number of hydrogen-bond acceptors (Lipinski definition) is 5. The van der Waals surface area contributed by atoms with E-state index in [0.29, 0.717) is 5.92 Å². The molecule has 1 aromatic carbocycles. The lowest BCUT2D eigenvalue weighted by Crippen LogP contribution is -2.28. The number of halogens is 6. The first-order valence-corrected chi connectivity index (χ1v) is 12.0. The highest BCUT2D eigenvalue weighted by molar-refractivity contribution is 5.73. The van der Waals surface area contributed by atoms with E-state index >= 15 is 0 Å². The summed E-state index contributed by atoms with van der Waals surface area (Å²) in [6, 6.07) is 17.0. The number of aryl methyl sites for hydroxylation is 1. The Morgan fingerprint density at radius 3 is 2.00 bits per heavy atom. The van der Waals surface area contributed by atoms with Crippen LogP contribution in [-0.4, -0.2) is 67.0 Å². The molecule has 5 rings (SSSR count). The number of rotatable bonds is 3. The van der Waals surface area contributed by atoms with Gasteiger partial charge in [0.2, 0.25) is 0 Å². The van der Waals surface area contributed by atoms with E-state index in [-0.39, 0.29) is 0 Å². The average molecular weight is 573 g/mol. The number of benzene rings is 1. The molecule has 3 aromatic rings. The molecule has 0 spiro atoms. The number of fused-ring (bicyclic) bond motifs is 2. The third kappa shape index (κ3) is 8.28. The zero-order valence-electron chi connectivity index (χ0n) is 21.2. The standard InChI is InChI=1S/C22H24N4.2C2HF3O2/c1-16-6-5-9-20(24-16)15-25-12-18-10-22-23-11-21(17-7-3-2-4-8-17)26(22)14-19(18)13-25;2*3-2(4,5)1(6)7/h2-9,11,18-19H,10,12-15H2,1H3;2*(H,6,7). The molecule has 0 amide bonds. The average Bonchev–Trinajstić information content (AvgIpc) is 3.45. The maximum absolute atomic E-state index is 10.6. The van der Waals surface area contributed by atoms with Crippen molar-refractivity contribution in [3.05, 3.63) is 71.9 Å². The van der Waals surface area contributed by atoms with Gasteiger partial charge in [0.1, 0.15) is 5.82 Å². The van der Waals surface area contributed by atoms with Crippen LogP contribution in [0.2, 0.25) is 0 Å². The number of carboxylic acid groups (broad SMARTS) is 2. The molecule has 2 aromatic heterocycles. The minimum absolute atomic E-state index is 0.712. The highest BCUT2D eigenvalue weighted by Crippen LogP contribution is 2.35. The van der Waals surface area contributed by atoms with E-state index in [9.17, 15) is 26.3 Å². The van der Waals surface area contributed by atoms with Crippen molar-refractivity contribution in [1.29, 1.82) is 0 Å². The number of likely N-dealkylation sites (tertiary alicyclic amines) is 1. The van der Waals surface area contributed by atoms with Gasteiger partial charge < -0.3 is 14.8 Å². The molecule has 40 heavy (non-hydrogen) atoms. The first-order chi connectivity index (χ1) is 18.6. The van der Waals surface area contributed by atoms with Gasteiger partial charge in [0.05, 0.1) is 17.6 Å². The zero-order chi connectivity index (χ0) is 29.7. The lowest BCUT2D eigenvalue weighted by Gasteiger charge is -2.27. The predicted molar refractivity (Wildman–Crippen MR) is 130 cm³/mol. The molecule has 2 unspecified atom stereocenters. The molecule has 0 aliphatic carbocycles. The molecule has 216 valence electrons. The SMILES string of the molecule is Cc1cccc(CN2CC3Cc4ncc(-c5ccccc5)n4CC3C2)n1.O=C(O)C(F)(F)F.O=C(O)C(F)(F)F. The van der Waals surface area contributed by atoms with Crippen molar-refractivity contribution in [3.8, 4) is 11.3 Å². The molecular weight excluding hydrogens is 546 g/mol. The third-order valence-electron chi connectivity index (χ3n) is 6.34. The Morgan fingerprint density at radius 2 is 1.45 bits per heavy atom. The summed E-state index contributed by atoms with van der Waals surface area (Å²) in [5.74, 6) is -2.83. The summed E-state index contributed by atoms with van der Waals surface area (Å²) in [5.41, 5.74) is 4.82. The largest absolute Gasteiger partial charge is 0.490 e. The number of nitrogens with zero attached hydrogens (tertiary/aromatic N) is 4. The van der Waals surface area contributed by atoms with E-state index in [1.807, 2.05) is 0 Å². The van der Waals surface area contributed by atoms with Gasteiger partial charge >= 0.3 is 24.3 Å². The van der Waals surface area contributed by atoms with E-state index in [2.05, 4.69) is 76.1 Å². The molecule has 2 aliphatic heterocycles. The van der Waals surface area contributed by atoms with E-state index in [1.165, 1.54) is 22.8 Å². The number of alkyl halides is 6. The van der Waals surface area contributed by atoms with Gasteiger partial charge in [0, 0.05) is 38.3 Å². The van der Waals surface area contributed by atoms with Crippen LogP contribution in [0.3, 0.4) is 0 Å². The number of aromatic nitrogens is 3. The summed E-state index contributed by atoms with van der Waals surface area (Å²) in [4.78, 5) is 29.8. The van der Waals surface area contributed by atoms with Crippen molar-refractivity contribution in [2.45, 2.75) is 38.8 Å². The van der Waals surface area contributed by atoms with Crippen LogP contribution in [0, 0.1) is 18.8 Å². The second-order valence-corrected chi connectivity index (χ2v) is 9.33. The second kappa shape index (κ2) is 12.5. The maximum Gasteiger partial charge on any atom is 0.490 e. The van der Waals surface area contributed by atoms with Crippen molar-refractivity contribution in [2.75, 3.05) is 13.1 Å². The predicted octanol–water partition coefficient (Wildman–Crippen LogP) is 4.82. The van der Waals surface area contributed by atoms with Crippen LogP contribution in [0.25, 0.3) is 11.3 Å². The maximum atomic E-state index is 10.6. The molecule has 8 nitrogen and oxygen atoms in total. The van der Waals surface area contributed by atoms with Crippen LogP contribution in [0.1, 0.15) is 17.2 Å². The summed E-state index contributed by atoms with van der Waals surface area (Å²) in [7, 11) is 0. The van der Waals surface area contributed by atoms with Gasteiger partial charge in [-0.25, -0.2) is 14.6 Å². The second-order valence-electron chi connectivity index (χ2n) is 9.33. The molecule has 0 radical (unpaired) electrons. The van der Waals surface area contributed by atoms with Gasteiger partial charge in [0.15, 0.2) is 0 Å². The van der Waals surface area contributed by atoms with Crippen LogP contribution < -0.4 is 0 Å². The molecule has 1 saturated heterocycles. The number of carboxylic acids is 2. The first-order valence-electron chi connectivity index (χ1n) is 12.0. The minimum Gasteiger partial charge on any atom is -0.475 e. The zero-order valence-corrected chi connectivity index (χ0v) is 21.2. The van der Waals surface area contributed by atoms with Gasteiger partial charge in [0.25, 0.3) is 0 Å². The van der Waals surface area contributed by atoms with Crippen LogP contribution >= 0.6 is 0 Å². The molecule has 2 atom stereocenters. The number of hydrogen-bond donors (Lipinski definition) is 2. The van der Waals surface area contributed by atoms with Crippen LogP contribution in [0.4, 0.5) is 26.3 Å². The molecule has 1 fully saturated rings. The van der Waals surface area contributed by atoms with Crippen LogP contribution in [0.15, 0.2) is 54.7 Å². The highest BCUT2D eigenvalue weighted by Gasteiger charge is 2.39. The fourth-order valence-corrected chi connectivity index (χ4v) is 4.61. The Labute approximate surface area is 224 Å². The molecule has 14 heteroatoms. The quantitative estimate of drug-likeness (QED) is 0.433. The van der Waals surface area contributed by atoms with Gasteiger partial charge in [-0.1, -0.05) is 36.4 Å². The fraction of sp³-hybridized carbons (Fsp3) is 0.385. The summed E-state index contributed by atoms with van der Waals surface area (Å²) in [5, 5.41) is 14.2. The van der Waals surface area contributed by atoms with Crippen LogP contribution in [0.5, 0.6) is 0 Å². The fourth-order valence-electron chi connectivity index (χ4n) is 4.61. The lowest BCUT2D eigenvalue weighted by atomic mass is 9.89. The Bertz CT molecular complexity index is 1290. The minimum atomic E-state index is -5.08. The van der Waals surface area contributed by atoms with Gasteiger partial charge in [-0.05, 0) is 36.5 Å². The Morgan fingerprint density at radius 1 is 0.875 bits per heavy atom. The van der Waals surface area contributed by atoms with Crippen molar-refractivity contribution in [2.24, 2.45) is 11.8 Å². The summed E-state index contributed by atoms with van der Waals surface area (Å²) in [6.07, 6.45) is -7.02. The number of aliphatic carboxylic acids is 2. The number of imidazole rings is 1. The number of pyridine rings is 1. The van der Waals surface area contributed by atoms with E-state index in [4.69, 9.17) is 24.8 Å². The Kier molecular flexibility index (Phi) is 9.56. The van der Waals surface area contributed by atoms with Crippen molar-refractivity contribution in [1.82, 2.24) is 19.4 Å². The van der Waals surface area contributed by atoms with Gasteiger partial charge in [-0.15, -0.1) is 0 Å². The molecular formula is C26H26F6N4O4. The number of carbonyl (C=O) groups is 2. The van der Waals surface area contributed by atoms with Crippen molar-refractivity contribution < 1.29 is 46.1 Å². The van der Waals surface area contributed by atoms with Gasteiger partial charge in [-0.2, -0.15) is 26.3 Å². The van der Waals surface area contributed by atoms with E-state index < -0.39 is 24.3 Å². The Balaban J connectivity index is 0.000000263. The van der Waals surface area contributed by atoms with Crippen LogP contribution in [-0.2, 0) is 29.1 Å². The third-order valence-corrected chi connectivity index (χ3v) is 6.34. The topological polar surface area (TPSA) is 109 Å². The smallest absolute Gasteiger partial charge is 0.475 e. The van der Waals surface area contributed by atoms with E-state index in [1.54, 1.807) is 0 Å². The highest BCUT2D eigenvalue weighted by atomic mass is 19.4. The van der Waals surface area contributed by atoms with Gasteiger partial charge in [-0.3, -0.25) is 9.88 Å².